The molecule has 1 saturated carbocycles. The van der Waals surface area contributed by atoms with Gasteiger partial charge in [-0.25, -0.2) is 0 Å². The SMILES string of the molecule is CCC1(CC)CCC2(CC1)c1ccccc1-c1c3c(c4c(c12)C=CC(c1ccc(OC)cc1)(c1ccc(OCCOC(=O)CCC(=O)O)cc1)O4)CC(OC)C(Sc1c(C)cccc1C)=C3. The van der Waals surface area contributed by atoms with E-state index in [0.717, 1.165) is 46.6 Å². The molecule has 342 valence electrons. The van der Waals surface area contributed by atoms with Gasteiger partial charge in [0.15, 0.2) is 5.60 Å². The number of hydrogen-bond acceptors (Lipinski definition) is 8. The smallest absolute Gasteiger partial charge is 0.306 e. The fourth-order valence-corrected chi connectivity index (χ4v) is 12.4. The van der Waals surface area contributed by atoms with Crippen LogP contribution in [0.4, 0.5) is 0 Å². The van der Waals surface area contributed by atoms with Crippen LogP contribution in [-0.4, -0.2) is 50.6 Å². The molecule has 5 aromatic rings. The highest BCUT2D eigenvalue weighted by Crippen LogP contribution is 2.65. The van der Waals surface area contributed by atoms with Crippen molar-refractivity contribution in [2.45, 2.75) is 107 Å². The van der Waals surface area contributed by atoms with Gasteiger partial charge in [0.2, 0.25) is 0 Å². The van der Waals surface area contributed by atoms with Crippen LogP contribution in [0, 0.1) is 19.3 Å². The molecule has 5 aromatic carbocycles. The molecule has 0 saturated heterocycles. The van der Waals surface area contributed by atoms with E-state index in [1.54, 1.807) is 7.11 Å². The number of carbonyl (C=O) groups is 2. The zero-order chi connectivity index (χ0) is 46.2. The van der Waals surface area contributed by atoms with Crippen molar-refractivity contribution in [1.82, 2.24) is 0 Å². The highest BCUT2D eigenvalue weighted by molar-refractivity contribution is 8.03. The van der Waals surface area contributed by atoms with Crippen molar-refractivity contribution < 1.29 is 38.4 Å². The number of thioether (sulfide) groups is 1. The maximum absolute atomic E-state index is 12.0. The predicted octanol–water partition coefficient (Wildman–Crippen LogP) is 12.8. The Morgan fingerprint density at radius 3 is 2.09 bits per heavy atom. The van der Waals surface area contributed by atoms with E-state index in [4.69, 9.17) is 28.8 Å². The highest BCUT2D eigenvalue weighted by Gasteiger charge is 2.52. The van der Waals surface area contributed by atoms with E-state index >= 15 is 0 Å². The molecule has 2 unspecified atom stereocenters. The van der Waals surface area contributed by atoms with E-state index in [2.05, 4.69) is 101 Å². The largest absolute Gasteiger partial charge is 0.497 e. The Morgan fingerprint density at radius 2 is 1.45 bits per heavy atom. The van der Waals surface area contributed by atoms with Crippen LogP contribution < -0.4 is 14.2 Å². The molecule has 1 fully saturated rings. The molecule has 0 amide bonds. The summed E-state index contributed by atoms with van der Waals surface area (Å²) in [6.45, 7) is 9.28. The second kappa shape index (κ2) is 18.5. The molecule has 0 radical (unpaired) electrons. The molecular formula is C57H60O8S. The van der Waals surface area contributed by atoms with Gasteiger partial charge >= 0.3 is 11.9 Å². The van der Waals surface area contributed by atoms with Crippen molar-refractivity contribution in [2.75, 3.05) is 27.4 Å². The second-order valence-electron chi connectivity index (χ2n) is 18.4. The summed E-state index contributed by atoms with van der Waals surface area (Å²) < 4.78 is 31.1. The monoisotopic (exact) mass is 904 g/mol. The molecule has 1 heterocycles. The molecular weight excluding hydrogens is 845 g/mol. The number of fused-ring (bicyclic) bond motifs is 10. The Morgan fingerprint density at radius 1 is 0.788 bits per heavy atom. The van der Waals surface area contributed by atoms with Gasteiger partial charge in [0.1, 0.15) is 30.5 Å². The lowest BCUT2D eigenvalue weighted by Gasteiger charge is -2.47. The van der Waals surface area contributed by atoms with Crippen molar-refractivity contribution >= 4 is 35.9 Å². The number of esters is 1. The first kappa shape index (κ1) is 45.4. The lowest BCUT2D eigenvalue weighted by atomic mass is 9.58. The third-order valence-electron chi connectivity index (χ3n) is 15.1. The lowest BCUT2D eigenvalue weighted by molar-refractivity contribution is -0.148. The van der Waals surface area contributed by atoms with Crippen LogP contribution >= 0.6 is 11.8 Å². The van der Waals surface area contributed by atoms with Crippen LogP contribution in [-0.2, 0) is 36.5 Å². The average molecular weight is 905 g/mol. The zero-order valence-corrected chi connectivity index (χ0v) is 39.8. The molecule has 0 aromatic heterocycles. The number of carbonyl (C=O) groups excluding carboxylic acids is 1. The molecule has 9 rings (SSSR count). The number of aliphatic carboxylic acids is 1. The summed E-state index contributed by atoms with van der Waals surface area (Å²) in [7, 11) is 3.50. The van der Waals surface area contributed by atoms with Crippen LogP contribution in [0.15, 0.2) is 107 Å². The first-order chi connectivity index (χ1) is 32.0. The number of carboxylic acids is 1. The molecule has 1 N–H and O–H groups in total. The van der Waals surface area contributed by atoms with E-state index in [9.17, 15) is 9.59 Å². The van der Waals surface area contributed by atoms with Crippen molar-refractivity contribution in [2.24, 2.45) is 5.41 Å². The van der Waals surface area contributed by atoms with E-state index in [1.807, 2.05) is 55.3 Å². The molecule has 1 aliphatic heterocycles. The minimum atomic E-state index is -1.04. The topological polar surface area (TPSA) is 101 Å². The van der Waals surface area contributed by atoms with E-state index in [-0.39, 0.29) is 37.6 Å². The van der Waals surface area contributed by atoms with Crippen LogP contribution in [0.25, 0.3) is 23.3 Å². The summed E-state index contributed by atoms with van der Waals surface area (Å²) in [5, 5.41) is 8.90. The number of rotatable bonds is 15. The van der Waals surface area contributed by atoms with Crippen molar-refractivity contribution in [3.05, 3.63) is 152 Å². The van der Waals surface area contributed by atoms with Crippen molar-refractivity contribution in [3.8, 4) is 28.4 Å². The van der Waals surface area contributed by atoms with Gasteiger partial charge in [0.05, 0.1) is 26.1 Å². The Balaban J connectivity index is 1.20. The van der Waals surface area contributed by atoms with Crippen LogP contribution in [0.5, 0.6) is 17.2 Å². The predicted molar refractivity (Wildman–Crippen MR) is 262 cm³/mol. The molecule has 8 nitrogen and oxygen atoms in total. The first-order valence-corrected chi connectivity index (χ1v) is 24.3. The number of methoxy groups -OCH3 is 2. The summed E-state index contributed by atoms with van der Waals surface area (Å²) in [5.41, 5.74) is 12.6. The van der Waals surface area contributed by atoms with Crippen LogP contribution in [0.2, 0.25) is 0 Å². The summed E-state index contributed by atoms with van der Waals surface area (Å²) in [6, 6.07) is 31.8. The Labute approximate surface area is 393 Å². The van der Waals surface area contributed by atoms with Gasteiger partial charge in [-0.15, -0.1) is 0 Å². The van der Waals surface area contributed by atoms with Crippen LogP contribution in [0.3, 0.4) is 0 Å². The van der Waals surface area contributed by atoms with Crippen molar-refractivity contribution in [1.29, 1.82) is 0 Å². The van der Waals surface area contributed by atoms with E-state index in [0.29, 0.717) is 17.6 Å². The minimum absolute atomic E-state index is 0.0129. The van der Waals surface area contributed by atoms with Gasteiger partial charge < -0.3 is 28.8 Å². The van der Waals surface area contributed by atoms with Gasteiger partial charge in [0, 0.05) is 51.0 Å². The third kappa shape index (κ3) is 8.02. The Kier molecular flexibility index (Phi) is 12.7. The quantitative estimate of drug-likeness (QED) is 0.0813. The molecule has 66 heavy (non-hydrogen) atoms. The Hall–Kier alpha value is -5.77. The van der Waals surface area contributed by atoms with Gasteiger partial charge in [-0.2, -0.15) is 0 Å². The summed E-state index contributed by atoms with van der Waals surface area (Å²) in [6.07, 6.45) is 13.9. The maximum Gasteiger partial charge on any atom is 0.306 e. The molecule has 3 aliphatic carbocycles. The standard InChI is InChI=1S/C57H60O8S/c1-7-55(8-2)28-30-56(31-29-55)46-15-10-9-14-42(46)51-44-35-48(66-54-36(3)12-11-13-37(54)4)47(62-6)34-45(44)53-43(52(51)56)26-27-57(65-53,38-16-20-40(61-5)21-17-38)39-18-22-41(23-19-39)63-32-33-64-50(60)25-24-49(58)59/h9-23,26-27,35,47H,7-8,24-25,28-34H2,1-6H3,(H,58,59). The Bertz CT molecular complexity index is 2680. The molecule has 2 atom stereocenters. The van der Waals surface area contributed by atoms with Crippen molar-refractivity contribution in [3.63, 3.8) is 0 Å². The summed E-state index contributed by atoms with van der Waals surface area (Å²) >= 11 is 1.83. The summed E-state index contributed by atoms with van der Waals surface area (Å²) in [5.74, 6) is 0.656. The van der Waals surface area contributed by atoms with Gasteiger partial charge in [0.25, 0.3) is 0 Å². The first-order valence-electron chi connectivity index (χ1n) is 23.4. The van der Waals surface area contributed by atoms with E-state index in [1.165, 1.54) is 74.4 Å². The average Bonchev–Trinajstić information content (AvgIpc) is 3.63. The minimum Gasteiger partial charge on any atom is -0.497 e. The number of ether oxygens (including phenoxy) is 5. The van der Waals surface area contributed by atoms with Gasteiger partial charge in [-0.05, 0) is 120 Å². The molecule has 1 spiro atoms. The van der Waals surface area contributed by atoms with Gasteiger partial charge in [-0.1, -0.05) is 111 Å². The number of benzene rings is 5. The zero-order valence-electron chi connectivity index (χ0n) is 39.0. The normalized spacial score (nSPS) is 19.4. The fraction of sp³-hybridized carbons (Fsp3) is 0.368. The molecule has 9 heteroatoms. The lowest BCUT2D eigenvalue weighted by Crippen LogP contribution is -2.39. The second-order valence-corrected chi connectivity index (χ2v) is 19.5. The maximum atomic E-state index is 12.0. The highest BCUT2D eigenvalue weighted by atomic mass is 32.2. The summed E-state index contributed by atoms with van der Waals surface area (Å²) in [4.78, 5) is 25.3. The molecule has 0 bridgehead atoms. The fourth-order valence-electron chi connectivity index (χ4n) is 11.2. The van der Waals surface area contributed by atoms with E-state index < -0.39 is 17.5 Å². The number of carboxylic acid groups (broad SMARTS) is 1. The molecule has 4 aliphatic rings. The van der Waals surface area contributed by atoms with Gasteiger partial charge in [-0.3, -0.25) is 9.59 Å². The number of aryl methyl sites for hydroxylation is 2. The number of hydrogen-bond donors (Lipinski definition) is 1. The van der Waals surface area contributed by atoms with Crippen LogP contribution in [0.1, 0.15) is 115 Å². The third-order valence-corrected chi connectivity index (χ3v) is 16.6.